The first-order chi connectivity index (χ1) is 10.0. The zero-order valence-electron chi connectivity index (χ0n) is 12.5. The van der Waals surface area contributed by atoms with E-state index in [-0.39, 0.29) is 18.2 Å². The van der Waals surface area contributed by atoms with Crippen molar-refractivity contribution in [1.29, 1.82) is 0 Å². The molecule has 0 aromatic heterocycles. The van der Waals surface area contributed by atoms with Crippen LogP contribution in [0.2, 0.25) is 0 Å². The molecule has 1 aromatic rings. The van der Waals surface area contributed by atoms with Crippen molar-refractivity contribution in [1.82, 2.24) is 0 Å². The highest BCUT2D eigenvalue weighted by Crippen LogP contribution is 2.30. The van der Waals surface area contributed by atoms with E-state index in [9.17, 15) is 9.59 Å². The molecule has 0 radical (unpaired) electrons. The Labute approximate surface area is 125 Å². The third kappa shape index (κ3) is 4.88. The summed E-state index contributed by atoms with van der Waals surface area (Å²) in [6, 6.07) is 7.01. The third-order valence-electron chi connectivity index (χ3n) is 4.19. The molecular formula is C17H23NO3. The van der Waals surface area contributed by atoms with Crippen molar-refractivity contribution in [2.24, 2.45) is 11.8 Å². The number of hydrogen-bond acceptors (Lipinski definition) is 2. The number of hydrogen-bond donors (Lipinski definition) is 2. The third-order valence-corrected chi connectivity index (χ3v) is 4.19. The molecule has 0 bridgehead atoms. The normalized spacial score (nSPS) is 16.6. The minimum absolute atomic E-state index is 0.00626. The van der Waals surface area contributed by atoms with Crippen LogP contribution in [0.15, 0.2) is 24.3 Å². The van der Waals surface area contributed by atoms with Gasteiger partial charge in [0.05, 0.1) is 6.42 Å². The van der Waals surface area contributed by atoms with Crippen LogP contribution in [0.4, 0.5) is 5.69 Å². The molecule has 2 N–H and O–H groups in total. The van der Waals surface area contributed by atoms with Crippen molar-refractivity contribution in [3.8, 4) is 0 Å². The van der Waals surface area contributed by atoms with E-state index in [1.54, 1.807) is 24.3 Å². The van der Waals surface area contributed by atoms with Crippen molar-refractivity contribution in [3.63, 3.8) is 0 Å². The minimum Gasteiger partial charge on any atom is -0.481 e. The SMILES string of the molecule is CC(CC1CCCC1)C(=O)Nc1ccc(CC(=O)O)cc1. The number of amides is 1. The van der Waals surface area contributed by atoms with Crippen LogP contribution < -0.4 is 5.32 Å². The van der Waals surface area contributed by atoms with Crippen LogP contribution in [0.3, 0.4) is 0 Å². The van der Waals surface area contributed by atoms with Crippen molar-refractivity contribution >= 4 is 17.6 Å². The van der Waals surface area contributed by atoms with Gasteiger partial charge < -0.3 is 10.4 Å². The number of rotatable bonds is 6. The molecule has 114 valence electrons. The Morgan fingerprint density at radius 3 is 2.43 bits per heavy atom. The molecule has 4 heteroatoms. The Hall–Kier alpha value is -1.84. The minimum atomic E-state index is -0.850. The number of carbonyl (C=O) groups is 2. The van der Waals surface area contributed by atoms with Gasteiger partial charge in [0.1, 0.15) is 0 Å². The van der Waals surface area contributed by atoms with Crippen molar-refractivity contribution in [2.45, 2.75) is 45.4 Å². The molecule has 0 aliphatic heterocycles. The van der Waals surface area contributed by atoms with Gasteiger partial charge in [0, 0.05) is 11.6 Å². The topological polar surface area (TPSA) is 66.4 Å². The molecule has 21 heavy (non-hydrogen) atoms. The van der Waals surface area contributed by atoms with Crippen LogP contribution in [0.1, 0.15) is 44.6 Å². The molecule has 1 aromatic carbocycles. The van der Waals surface area contributed by atoms with Gasteiger partial charge in [-0.2, -0.15) is 0 Å². The molecule has 0 heterocycles. The molecule has 1 saturated carbocycles. The Bertz CT molecular complexity index is 489. The maximum absolute atomic E-state index is 12.2. The molecule has 0 spiro atoms. The number of benzene rings is 1. The highest BCUT2D eigenvalue weighted by molar-refractivity contribution is 5.92. The Morgan fingerprint density at radius 2 is 1.86 bits per heavy atom. The number of carboxylic acids is 1. The van der Waals surface area contributed by atoms with E-state index in [1.165, 1.54) is 25.7 Å². The van der Waals surface area contributed by atoms with Crippen LogP contribution in [0.5, 0.6) is 0 Å². The summed E-state index contributed by atoms with van der Waals surface area (Å²) in [4.78, 5) is 22.8. The first kappa shape index (κ1) is 15.5. The number of anilines is 1. The zero-order chi connectivity index (χ0) is 15.2. The lowest BCUT2D eigenvalue weighted by molar-refractivity contribution is -0.136. The monoisotopic (exact) mass is 289 g/mol. The molecule has 0 saturated heterocycles. The van der Waals surface area contributed by atoms with Crippen LogP contribution in [-0.4, -0.2) is 17.0 Å². The second-order valence-corrected chi connectivity index (χ2v) is 6.04. The summed E-state index contributed by atoms with van der Waals surface area (Å²) < 4.78 is 0. The summed E-state index contributed by atoms with van der Waals surface area (Å²) in [7, 11) is 0. The van der Waals surface area contributed by atoms with Crippen molar-refractivity contribution < 1.29 is 14.7 Å². The lowest BCUT2D eigenvalue weighted by Crippen LogP contribution is -2.22. The lowest BCUT2D eigenvalue weighted by atomic mass is 9.94. The molecule has 1 fully saturated rings. The van der Waals surface area contributed by atoms with E-state index in [4.69, 9.17) is 5.11 Å². The number of nitrogens with one attached hydrogen (secondary N) is 1. The molecule has 4 nitrogen and oxygen atoms in total. The molecule has 1 aliphatic rings. The van der Waals surface area contributed by atoms with E-state index in [0.29, 0.717) is 5.92 Å². The number of carbonyl (C=O) groups excluding carboxylic acids is 1. The van der Waals surface area contributed by atoms with E-state index < -0.39 is 5.97 Å². The van der Waals surface area contributed by atoms with Gasteiger partial charge in [0.15, 0.2) is 0 Å². The number of aliphatic carboxylic acids is 1. The van der Waals surface area contributed by atoms with E-state index in [1.807, 2.05) is 6.92 Å². The summed E-state index contributed by atoms with van der Waals surface area (Å²) in [5.41, 5.74) is 1.46. The zero-order valence-corrected chi connectivity index (χ0v) is 12.5. The summed E-state index contributed by atoms with van der Waals surface area (Å²) >= 11 is 0. The largest absolute Gasteiger partial charge is 0.481 e. The van der Waals surface area contributed by atoms with Gasteiger partial charge >= 0.3 is 5.97 Å². The van der Waals surface area contributed by atoms with E-state index in [2.05, 4.69) is 5.32 Å². The maximum Gasteiger partial charge on any atom is 0.307 e. The van der Waals surface area contributed by atoms with Crippen LogP contribution in [-0.2, 0) is 16.0 Å². The average Bonchev–Trinajstić information content (AvgIpc) is 2.93. The van der Waals surface area contributed by atoms with Gasteiger partial charge in [0.25, 0.3) is 0 Å². The quantitative estimate of drug-likeness (QED) is 0.842. The smallest absolute Gasteiger partial charge is 0.307 e. The van der Waals surface area contributed by atoms with Gasteiger partial charge in [-0.15, -0.1) is 0 Å². The fraction of sp³-hybridized carbons (Fsp3) is 0.529. The van der Waals surface area contributed by atoms with Gasteiger partial charge in [-0.25, -0.2) is 0 Å². The molecular weight excluding hydrogens is 266 g/mol. The van der Waals surface area contributed by atoms with Crippen LogP contribution >= 0.6 is 0 Å². The summed E-state index contributed by atoms with van der Waals surface area (Å²) in [6.07, 6.45) is 6.06. The van der Waals surface area contributed by atoms with Gasteiger partial charge in [-0.1, -0.05) is 44.7 Å². The second-order valence-electron chi connectivity index (χ2n) is 6.04. The Balaban J connectivity index is 1.84. The fourth-order valence-electron chi connectivity index (χ4n) is 3.00. The van der Waals surface area contributed by atoms with Crippen LogP contribution in [0, 0.1) is 11.8 Å². The summed E-state index contributed by atoms with van der Waals surface area (Å²) in [5.74, 6) is -0.0830. The predicted octanol–water partition coefficient (Wildman–Crippen LogP) is 3.47. The fourth-order valence-corrected chi connectivity index (χ4v) is 3.00. The first-order valence-corrected chi connectivity index (χ1v) is 7.66. The standard InChI is InChI=1S/C17H23NO3/c1-12(10-13-4-2-3-5-13)17(21)18-15-8-6-14(7-9-15)11-16(19)20/h6-9,12-13H,2-5,10-11H2,1H3,(H,18,21)(H,19,20). The molecule has 1 unspecified atom stereocenters. The highest BCUT2D eigenvalue weighted by Gasteiger charge is 2.21. The Morgan fingerprint density at radius 1 is 1.24 bits per heavy atom. The first-order valence-electron chi connectivity index (χ1n) is 7.66. The molecule has 2 rings (SSSR count). The molecule has 1 amide bonds. The van der Waals surface area contributed by atoms with Crippen LogP contribution in [0.25, 0.3) is 0 Å². The van der Waals surface area contributed by atoms with E-state index >= 15 is 0 Å². The summed E-state index contributed by atoms with van der Waals surface area (Å²) in [6.45, 7) is 1.98. The predicted molar refractivity (Wildman–Crippen MR) is 82.2 cm³/mol. The summed E-state index contributed by atoms with van der Waals surface area (Å²) in [5, 5.41) is 11.6. The van der Waals surface area contributed by atoms with Crippen molar-refractivity contribution in [3.05, 3.63) is 29.8 Å². The highest BCUT2D eigenvalue weighted by atomic mass is 16.4. The molecule has 1 atom stereocenters. The van der Waals surface area contributed by atoms with Crippen molar-refractivity contribution in [2.75, 3.05) is 5.32 Å². The average molecular weight is 289 g/mol. The van der Waals surface area contributed by atoms with Gasteiger partial charge in [-0.3, -0.25) is 9.59 Å². The van der Waals surface area contributed by atoms with E-state index in [0.717, 1.165) is 17.7 Å². The van der Waals surface area contributed by atoms with Gasteiger partial charge in [0.2, 0.25) is 5.91 Å². The lowest BCUT2D eigenvalue weighted by Gasteiger charge is -2.16. The maximum atomic E-state index is 12.2. The number of carboxylic acid groups (broad SMARTS) is 1. The Kier molecular flexibility index (Phi) is 5.37. The second kappa shape index (κ2) is 7.25. The molecule has 1 aliphatic carbocycles. The van der Waals surface area contributed by atoms with Gasteiger partial charge in [-0.05, 0) is 30.0 Å².